The van der Waals surface area contributed by atoms with Crippen LogP contribution in [0.2, 0.25) is 0 Å². The molecule has 0 aliphatic heterocycles. The molecular formula is C16H22N2O2. The largest absolute Gasteiger partial charge is 0.480 e. The van der Waals surface area contributed by atoms with Crippen molar-refractivity contribution in [2.24, 2.45) is 0 Å². The lowest BCUT2D eigenvalue weighted by Gasteiger charge is -2.28. The van der Waals surface area contributed by atoms with Gasteiger partial charge in [-0.3, -0.25) is 9.69 Å². The molecule has 0 saturated heterocycles. The molecule has 1 heterocycles. The maximum Gasteiger partial charge on any atom is 0.325 e. The van der Waals surface area contributed by atoms with Crippen LogP contribution in [0.25, 0.3) is 10.9 Å². The highest BCUT2D eigenvalue weighted by Gasteiger charge is 2.28. The average molecular weight is 274 g/mol. The average Bonchev–Trinajstić information content (AvgIpc) is 2.83. The third-order valence-electron chi connectivity index (χ3n) is 3.54. The molecule has 0 aliphatic rings. The number of hydrogen-bond acceptors (Lipinski definition) is 2. The second-order valence-corrected chi connectivity index (χ2v) is 5.07. The van der Waals surface area contributed by atoms with Crippen LogP contribution in [0, 0.1) is 0 Å². The highest BCUT2D eigenvalue weighted by molar-refractivity contribution is 5.89. The molecule has 0 saturated carbocycles. The van der Waals surface area contributed by atoms with Crippen molar-refractivity contribution in [1.29, 1.82) is 0 Å². The number of carbonyl (C=O) groups is 1. The summed E-state index contributed by atoms with van der Waals surface area (Å²) < 4.78 is 0. The summed E-state index contributed by atoms with van der Waals surface area (Å²) in [7, 11) is 0. The zero-order valence-electron chi connectivity index (χ0n) is 12.1. The number of fused-ring (bicyclic) bond motifs is 1. The maximum atomic E-state index is 11.8. The van der Waals surface area contributed by atoms with Crippen LogP contribution in [0.1, 0.15) is 38.3 Å². The highest BCUT2D eigenvalue weighted by atomic mass is 16.4. The third kappa shape index (κ3) is 2.85. The molecule has 108 valence electrons. The lowest BCUT2D eigenvalue weighted by molar-refractivity contribution is -0.143. The van der Waals surface area contributed by atoms with E-state index in [1.165, 1.54) is 0 Å². The molecule has 4 heteroatoms. The lowest BCUT2D eigenvalue weighted by Crippen LogP contribution is -2.35. The second kappa shape index (κ2) is 6.57. The Labute approximate surface area is 119 Å². The number of carboxylic acid groups (broad SMARTS) is 1. The van der Waals surface area contributed by atoms with Gasteiger partial charge >= 0.3 is 5.97 Å². The Hall–Kier alpha value is -1.81. The fourth-order valence-corrected chi connectivity index (χ4v) is 2.75. The standard InChI is InChI=1S/C16H22N2O2/c1-3-9-18(10-4-2)15(16(19)20)13-11-17-14-8-6-5-7-12(13)14/h5-8,11,15,17H,3-4,9-10H2,1-2H3,(H,19,20). The number of carboxylic acids is 1. The van der Waals surface area contributed by atoms with Gasteiger partial charge in [0.15, 0.2) is 0 Å². The number of aliphatic carboxylic acids is 1. The number of H-pyrrole nitrogens is 1. The minimum absolute atomic E-state index is 0.578. The highest BCUT2D eigenvalue weighted by Crippen LogP contribution is 2.29. The maximum absolute atomic E-state index is 11.8. The number of rotatable bonds is 7. The first-order chi connectivity index (χ1) is 9.69. The van der Waals surface area contributed by atoms with Crippen LogP contribution in [0.5, 0.6) is 0 Å². The minimum Gasteiger partial charge on any atom is -0.480 e. The molecule has 2 rings (SSSR count). The van der Waals surface area contributed by atoms with E-state index in [0.717, 1.165) is 42.4 Å². The van der Waals surface area contributed by atoms with Crippen LogP contribution in [0.3, 0.4) is 0 Å². The van der Waals surface area contributed by atoms with Crippen LogP contribution >= 0.6 is 0 Å². The number of benzene rings is 1. The Morgan fingerprint density at radius 2 is 1.90 bits per heavy atom. The van der Waals surface area contributed by atoms with Gasteiger partial charge in [0.05, 0.1) is 0 Å². The Bertz CT molecular complexity index is 571. The normalized spacial score (nSPS) is 12.9. The van der Waals surface area contributed by atoms with Gasteiger partial charge < -0.3 is 10.1 Å². The smallest absolute Gasteiger partial charge is 0.325 e. The summed E-state index contributed by atoms with van der Waals surface area (Å²) in [4.78, 5) is 17.0. The fraction of sp³-hybridized carbons (Fsp3) is 0.438. The topological polar surface area (TPSA) is 56.3 Å². The zero-order valence-corrected chi connectivity index (χ0v) is 12.1. The molecule has 1 aromatic carbocycles. The van der Waals surface area contributed by atoms with Crippen LogP contribution in [-0.4, -0.2) is 34.0 Å². The SMILES string of the molecule is CCCN(CCC)C(C(=O)O)c1c[nH]c2ccccc12. The molecule has 0 radical (unpaired) electrons. The molecule has 1 aromatic heterocycles. The van der Waals surface area contributed by atoms with Crippen molar-refractivity contribution in [3.05, 3.63) is 36.0 Å². The molecule has 2 aromatic rings. The molecule has 0 bridgehead atoms. The predicted molar refractivity (Wildman–Crippen MR) is 80.8 cm³/mol. The molecule has 0 fully saturated rings. The van der Waals surface area contributed by atoms with E-state index in [1.54, 1.807) is 0 Å². The van der Waals surface area contributed by atoms with Crippen molar-refractivity contribution in [2.45, 2.75) is 32.7 Å². The van der Waals surface area contributed by atoms with Gasteiger partial charge in [0.1, 0.15) is 6.04 Å². The molecule has 0 aliphatic carbocycles. The first kappa shape index (κ1) is 14.6. The van der Waals surface area contributed by atoms with Gasteiger partial charge in [0, 0.05) is 22.7 Å². The summed E-state index contributed by atoms with van der Waals surface area (Å²) in [5, 5.41) is 10.7. The van der Waals surface area contributed by atoms with Gasteiger partial charge in [0.2, 0.25) is 0 Å². The molecule has 1 atom stereocenters. The molecule has 4 nitrogen and oxygen atoms in total. The van der Waals surface area contributed by atoms with Gasteiger partial charge in [-0.15, -0.1) is 0 Å². The Balaban J connectivity index is 2.44. The van der Waals surface area contributed by atoms with Crippen molar-refractivity contribution >= 4 is 16.9 Å². The van der Waals surface area contributed by atoms with Gasteiger partial charge in [-0.25, -0.2) is 0 Å². The van der Waals surface area contributed by atoms with Crippen molar-refractivity contribution < 1.29 is 9.90 Å². The summed E-state index contributed by atoms with van der Waals surface area (Å²) in [6.07, 6.45) is 3.74. The fourth-order valence-electron chi connectivity index (χ4n) is 2.75. The van der Waals surface area contributed by atoms with E-state index in [-0.39, 0.29) is 0 Å². The van der Waals surface area contributed by atoms with Crippen LogP contribution in [-0.2, 0) is 4.79 Å². The van der Waals surface area contributed by atoms with Crippen LogP contribution in [0.15, 0.2) is 30.5 Å². The molecule has 0 amide bonds. The number of aromatic amines is 1. The van der Waals surface area contributed by atoms with Crippen molar-refractivity contribution in [2.75, 3.05) is 13.1 Å². The van der Waals surface area contributed by atoms with Crippen molar-refractivity contribution in [1.82, 2.24) is 9.88 Å². The Morgan fingerprint density at radius 3 is 2.50 bits per heavy atom. The molecule has 2 N–H and O–H groups in total. The first-order valence-corrected chi connectivity index (χ1v) is 7.21. The van der Waals surface area contributed by atoms with E-state index in [0.29, 0.717) is 0 Å². The summed E-state index contributed by atoms with van der Waals surface area (Å²) >= 11 is 0. The summed E-state index contributed by atoms with van der Waals surface area (Å²) in [5.74, 6) is -0.781. The van der Waals surface area contributed by atoms with Crippen LogP contribution in [0.4, 0.5) is 0 Å². The van der Waals surface area contributed by atoms with E-state index in [1.807, 2.05) is 30.5 Å². The Morgan fingerprint density at radius 1 is 1.25 bits per heavy atom. The molecule has 1 unspecified atom stereocenters. The van der Waals surface area contributed by atoms with E-state index in [2.05, 4.69) is 23.7 Å². The third-order valence-corrected chi connectivity index (χ3v) is 3.54. The number of hydrogen-bond donors (Lipinski definition) is 2. The predicted octanol–water partition coefficient (Wildman–Crippen LogP) is 3.42. The minimum atomic E-state index is -0.781. The molecule has 0 spiro atoms. The van der Waals surface area contributed by atoms with E-state index < -0.39 is 12.0 Å². The summed E-state index contributed by atoms with van der Waals surface area (Å²) in [5.41, 5.74) is 1.84. The molecular weight excluding hydrogens is 252 g/mol. The summed E-state index contributed by atoms with van der Waals surface area (Å²) in [6.45, 7) is 5.75. The van der Waals surface area contributed by atoms with E-state index in [4.69, 9.17) is 0 Å². The van der Waals surface area contributed by atoms with Crippen LogP contribution < -0.4 is 0 Å². The monoisotopic (exact) mass is 274 g/mol. The Kier molecular flexibility index (Phi) is 4.79. The summed E-state index contributed by atoms with van der Waals surface area (Å²) in [6, 6.07) is 7.28. The number of aromatic nitrogens is 1. The van der Waals surface area contributed by atoms with Gasteiger partial charge in [-0.2, -0.15) is 0 Å². The zero-order chi connectivity index (χ0) is 14.5. The van der Waals surface area contributed by atoms with Crippen molar-refractivity contribution in [3.63, 3.8) is 0 Å². The number of nitrogens with zero attached hydrogens (tertiary/aromatic N) is 1. The second-order valence-electron chi connectivity index (χ2n) is 5.07. The van der Waals surface area contributed by atoms with Gasteiger partial charge in [-0.1, -0.05) is 32.0 Å². The lowest BCUT2D eigenvalue weighted by atomic mass is 10.0. The van der Waals surface area contributed by atoms with E-state index in [9.17, 15) is 9.90 Å². The number of nitrogens with one attached hydrogen (secondary N) is 1. The van der Waals surface area contributed by atoms with E-state index >= 15 is 0 Å². The number of para-hydroxylation sites is 1. The van der Waals surface area contributed by atoms with Gasteiger partial charge in [0.25, 0.3) is 0 Å². The van der Waals surface area contributed by atoms with Crippen molar-refractivity contribution in [3.8, 4) is 0 Å². The quantitative estimate of drug-likeness (QED) is 0.813. The first-order valence-electron chi connectivity index (χ1n) is 7.21. The molecule has 20 heavy (non-hydrogen) atoms. The van der Waals surface area contributed by atoms with Gasteiger partial charge in [-0.05, 0) is 32.0 Å².